The normalized spacial score (nSPS) is 11.1. The number of anilines is 1. The molecule has 0 amide bonds. The van der Waals surface area contributed by atoms with Gasteiger partial charge in [-0.15, -0.1) is 11.5 Å². The molecule has 0 saturated carbocycles. The maximum absolute atomic E-state index is 12.6. The van der Waals surface area contributed by atoms with Crippen LogP contribution in [0.15, 0.2) is 53.4 Å². The first-order chi connectivity index (χ1) is 11.9. The third-order valence-electron chi connectivity index (χ3n) is 3.52. The van der Waals surface area contributed by atoms with Crippen LogP contribution in [0.25, 0.3) is 5.69 Å². The third kappa shape index (κ3) is 3.36. The second-order valence-corrected chi connectivity index (χ2v) is 7.28. The van der Waals surface area contributed by atoms with Crippen LogP contribution in [-0.2, 0) is 10.0 Å². The Balaban J connectivity index is 2.09. The van der Waals surface area contributed by atoms with Gasteiger partial charge in [0.05, 0.1) is 22.0 Å². The largest absolute Gasteiger partial charge is 0.277 e. The molecule has 0 radical (unpaired) electrons. The summed E-state index contributed by atoms with van der Waals surface area (Å²) in [4.78, 5) is 0.149. The van der Waals surface area contributed by atoms with Gasteiger partial charge in [0.25, 0.3) is 10.0 Å². The maximum atomic E-state index is 12.6. The van der Waals surface area contributed by atoms with Crippen molar-refractivity contribution in [3.63, 3.8) is 0 Å². The topological polar surface area (TPSA) is 76.9 Å². The molecule has 0 aliphatic carbocycles. The van der Waals surface area contributed by atoms with Crippen LogP contribution in [-0.4, -0.2) is 23.4 Å². The molecule has 0 aliphatic heterocycles. The molecule has 0 spiro atoms. The molecule has 1 N–H and O–H groups in total. The van der Waals surface area contributed by atoms with Crippen molar-refractivity contribution >= 4 is 27.3 Å². The molecule has 3 aromatic rings. The van der Waals surface area contributed by atoms with E-state index in [0.29, 0.717) is 27.8 Å². The first-order valence-corrected chi connectivity index (χ1v) is 9.05. The van der Waals surface area contributed by atoms with Crippen LogP contribution in [0, 0.1) is 19.3 Å². The molecule has 2 aromatic carbocycles. The van der Waals surface area contributed by atoms with E-state index in [9.17, 15) is 8.42 Å². The molecule has 0 bridgehead atoms. The van der Waals surface area contributed by atoms with Crippen LogP contribution in [0.5, 0.6) is 0 Å². The van der Waals surface area contributed by atoms with Gasteiger partial charge in [0.15, 0.2) is 5.69 Å². The number of hydrogen-bond donors (Lipinski definition) is 1. The summed E-state index contributed by atoms with van der Waals surface area (Å²) in [6.45, 7) is 1.74. The van der Waals surface area contributed by atoms with Crippen LogP contribution in [0.2, 0.25) is 5.02 Å². The molecular weight excluding hydrogens is 360 g/mol. The Hall–Kier alpha value is -2.82. The Morgan fingerprint density at radius 3 is 2.56 bits per heavy atom. The monoisotopic (exact) mass is 372 g/mol. The Morgan fingerprint density at radius 1 is 1.20 bits per heavy atom. The predicted octanol–water partition coefficient (Wildman–Crippen LogP) is 3.01. The van der Waals surface area contributed by atoms with E-state index in [-0.39, 0.29) is 4.90 Å². The first-order valence-electron chi connectivity index (χ1n) is 7.19. The summed E-state index contributed by atoms with van der Waals surface area (Å²) >= 11 is 6.07. The smallest absolute Gasteiger partial charge is 0.261 e. The summed E-state index contributed by atoms with van der Waals surface area (Å²) in [5.41, 5.74) is 1.71. The van der Waals surface area contributed by atoms with Gasteiger partial charge < -0.3 is 0 Å². The molecule has 0 unspecified atom stereocenters. The van der Waals surface area contributed by atoms with Crippen molar-refractivity contribution in [3.8, 4) is 18.0 Å². The molecule has 126 valence electrons. The lowest BCUT2D eigenvalue weighted by Gasteiger charge is -2.13. The summed E-state index contributed by atoms with van der Waals surface area (Å²) in [5.74, 6) is 2.43. The van der Waals surface area contributed by atoms with Gasteiger partial charge in [0, 0.05) is 5.02 Å². The molecule has 0 aliphatic rings. The fraction of sp³-hybridized carbons (Fsp3) is 0.0588. The second kappa shape index (κ2) is 6.59. The van der Waals surface area contributed by atoms with Gasteiger partial charge in [-0.05, 0) is 43.2 Å². The van der Waals surface area contributed by atoms with Crippen molar-refractivity contribution in [1.29, 1.82) is 0 Å². The molecule has 6 nitrogen and oxygen atoms in total. The molecule has 0 atom stereocenters. The minimum absolute atomic E-state index is 0.149. The van der Waals surface area contributed by atoms with E-state index in [1.54, 1.807) is 43.3 Å². The van der Waals surface area contributed by atoms with Crippen LogP contribution in [0.1, 0.15) is 11.4 Å². The third-order valence-corrected chi connectivity index (χ3v) is 5.13. The molecule has 1 heterocycles. The number of nitrogens with one attached hydrogen (secondary N) is 1. The number of rotatable bonds is 4. The lowest BCUT2D eigenvalue weighted by molar-refractivity contribution is 0.601. The number of aromatic nitrogens is 3. The quantitative estimate of drug-likeness (QED) is 0.714. The van der Waals surface area contributed by atoms with Gasteiger partial charge in [-0.2, -0.15) is 0 Å². The average Bonchev–Trinajstić information content (AvgIpc) is 2.97. The second-order valence-electron chi connectivity index (χ2n) is 5.16. The van der Waals surface area contributed by atoms with Crippen LogP contribution in [0.3, 0.4) is 0 Å². The van der Waals surface area contributed by atoms with E-state index >= 15 is 0 Å². The predicted molar refractivity (Wildman–Crippen MR) is 96.3 cm³/mol. The first kappa shape index (κ1) is 17.0. The van der Waals surface area contributed by atoms with Crippen molar-refractivity contribution in [2.75, 3.05) is 4.72 Å². The highest BCUT2D eigenvalue weighted by Crippen LogP contribution is 2.27. The summed E-state index contributed by atoms with van der Waals surface area (Å²) in [7, 11) is -3.76. The van der Waals surface area contributed by atoms with E-state index in [0.717, 1.165) is 0 Å². The summed E-state index contributed by atoms with van der Waals surface area (Å²) in [6.07, 6.45) is 5.38. The minimum atomic E-state index is -3.76. The molecule has 25 heavy (non-hydrogen) atoms. The number of sulfonamides is 1. The van der Waals surface area contributed by atoms with Crippen LogP contribution in [0.4, 0.5) is 5.69 Å². The molecular formula is C17H13ClN4O2S. The van der Waals surface area contributed by atoms with Gasteiger partial charge in [0.2, 0.25) is 0 Å². The summed E-state index contributed by atoms with van der Waals surface area (Å²) < 4.78 is 29.2. The molecule has 0 saturated heterocycles. The van der Waals surface area contributed by atoms with Crippen molar-refractivity contribution in [1.82, 2.24) is 15.0 Å². The highest BCUT2D eigenvalue weighted by molar-refractivity contribution is 7.92. The van der Waals surface area contributed by atoms with Gasteiger partial charge in [0.1, 0.15) is 0 Å². The molecule has 0 fully saturated rings. The van der Waals surface area contributed by atoms with E-state index in [1.165, 1.54) is 16.8 Å². The fourth-order valence-electron chi connectivity index (χ4n) is 2.26. The lowest BCUT2D eigenvalue weighted by Crippen LogP contribution is -2.15. The van der Waals surface area contributed by atoms with E-state index in [1.807, 2.05) is 0 Å². The molecule has 8 heteroatoms. The van der Waals surface area contributed by atoms with Crippen molar-refractivity contribution in [2.24, 2.45) is 0 Å². The SMILES string of the molecule is C#Cc1nnn(-c2cc(Cl)ccc2NS(=O)(=O)c2ccccc2)c1C. The highest BCUT2D eigenvalue weighted by atomic mass is 35.5. The highest BCUT2D eigenvalue weighted by Gasteiger charge is 2.18. The van der Waals surface area contributed by atoms with E-state index in [4.69, 9.17) is 18.0 Å². The number of terminal acetylenes is 1. The average molecular weight is 373 g/mol. The van der Waals surface area contributed by atoms with Crippen molar-refractivity contribution < 1.29 is 8.42 Å². The number of hydrogen-bond acceptors (Lipinski definition) is 4. The number of halogens is 1. The lowest BCUT2D eigenvalue weighted by atomic mass is 10.2. The standard InChI is InChI=1S/C17H13ClN4O2S/c1-3-15-12(2)22(21-19-15)17-11-13(18)9-10-16(17)20-25(23,24)14-7-5-4-6-8-14/h1,4-11,20H,2H3. The van der Waals surface area contributed by atoms with Crippen LogP contribution < -0.4 is 4.72 Å². The summed E-state index contributed by atoms with van der Waals surface area (Å²) in [5, 5.41) is 8.31. The Morgan fingerprint density at radius 2 is 1.92 bits per heavy atom. The summed E-state index contributed by atoms with van der Waals surface area (Å²) in [6, 6.07) is 12.8. The van der Waals surface area contributed by atoms with E-state index in [2.05, 4.69) is 21.0 Å². The van der Waals surface area contributed by atoms with Gasteiger partial charge in [-0.3, -0.25) is 4.72 Å². The Labute approximate surface area is 150 Å². The maximum Gasteiger partial charge on any atom is 0.261 e. The zero-order valence-corrected chi connectivity index (χ0v) is 14.7. The fourth-order valence-corrected chi connectivity index (χ4v) is 3.52. The van der Waals surface area contributed by atoms with Gasteiger partial charge in [-0.1, -0.05) is 35.0 Å². The zero-order valence-electron chi connectivity index (χ0n) is 13.1. The van der Waals surface area contributed by atoms with Gasteiger partial charge in [-0.25, -0.2) is 13.1 Å². The Kier molecular flexibility index (Phi) is 4.49. The Bertz CT molecular complexity index is 1070. The number of benzene rings is 2. The van der Waals surface area contributed by atoms with Gasteiger partial charge >= 0.3 is 0 Å². The minimum Gasteiger partial charge on any atom is -0.277 e. The van der Waals surface area contributed by atoms with E-state index < -0.39 is 10.0 Å². The van der Waals surface area contributed by atoms with Crippen molar-refractivity contribution in [3.05, 3.63) is 64.9 Å². The molecule has 3 rings (SSSR count). The van der Waals surface area contributed by atoms with Crippen LogP contribution >= 0.6 is 11.6 Å². The zero-order chi connectivity index (χ0) is 18.0. The number of nitrogens with zero attached hydrogens (tertiary/aromatic N) is 3. The molecule has 1 aromatic heterocycles. The van der Waals surface area contributed by atoms with Crippen molar-refractivity contribution in [2.45, 2.75) is 11.8 Å².